The standard InChI is InChI=1S/C15H15NO5S/c1-9(17)12-6-16(7-15(19)20)13-5-10(3-4-11(12)13)14(18)8-22(2)21/h3-6H,7-8H2,1-2H3,(H,19,20). The largest absolute Gasteiger partial charge is 0.616 e. The van der Waals surface area contributed by atoms with Crippen LogP contribution in [-0.4, -0.2) is 43.8 Å². The number of benzene rings is 1. The Balaban J connectivity index is 2.56. The van der Waals surface area contributed by atoms with Crippen molar-refractivity contribution in [1.82, 2.24) is 4.57 Å². The normalized spacial score (nSPS) is 12.3. The van der Waals surface area contributed by atoms with Crippen molar-refractivity contribution in [3.05, 3.63) is 35.5 Å². The molecule has 6 nitrogen and oxygen atoms in total. The monoisotopic (exact) mass is 321 g/mol. The molecule has 2 rings (SSSR count). The number of hydrogen-bond donors (Lipinski definition) is 1. The molecule has 1 unspecified atom stereocenters. The molecule has 22 heavy (non-hydrogen) atoms. The maximum Gasteiger partial charge on any atom is 0.323 e. The van der Waals surface area contributed by atoms with Gasteiger partial charge in [-0.1, -0.05) is 12.1 Å². The van der Waals surface area contributed by atoms with Crippen LogP contribution in [0.3, 0.4) is 0 Å². The highest BCUT2D eigenvalue weighted by Gasteiger charge is 2.17. The minimum Gasteiger partial charge on any atom is -0.616 e. The molecule has 1 aromatic heterocycles. The number of aliphatic carboxylic acids is 1. The lowest BCUT2D eigenvalue weighted by Gasteiger charge is -2.06. The van der Waals surface area contributed by atoms with Gasteiger partial charge in [0.2, 0.25) is 5.78 Å². The number of carbonyl (C=O) groups is 3. The molecule has 1 heterocycles. The number of carboxylic acid groups (broad SMARTS) is 1. The lowest BCUT2D eigenvalue weighted by molar-refractivity contribution is -0.137. The Labute approximate surface area is 129 Å². The summed E-state index contributed by atoms with van der Waals surface area (Å²) in [4.78, 5) is 34.6. The molecule has 0 fully saturated rings. The molecule has 0 amide bonds. The molecule has 0 aliphatic rings. The van der Waals surface area contributed by atoms with Gasteiger partial charge < -0.3 is 14.2 Å². The van der Waals surface area contributed by atoms with E-state index in [9.17, 15) is 18.9 Å². The quantitative estimate of drug-likeness (QED) is 0.642. The predicted molar refractivity (Wildman–Crippen MR) is 82.8 cm³/mol. The lowest BCUT2D eigenvalue weighted by Crippen LogP contribution is -2.14. The van der Waals surface area contributed by atoms with Crippen LogP contribution in [0.5, 0.6) is 0 Å². The van der Waals surface area contributed by atoms with Crippen molar-refractivity contribution in [3.8, 4) is 0 Å². The van der Waals surface area contributed by atoms with Gasteiger partial charge in [0, 0.05) is 22.7 Å². The van der Waals surface area contributed by atoms with Crippen LogP contribution in [0.25, 0.3) is 10.9 Å². The van der Waals surface area contributed by atoms with Crippen molar-refractivity contribution in [1.29, 1.82) is 0 Å². The van der Waals surface area contributed by atoms with Crippen molar-refractivity contribution in [3.63, 3.8) is 0 Å². The Morgan fingerprint density at radius 2 is 2.00 bits per heavy atom. The Morgan fingerprint density at radius 3 is 2.55 bits per heavy atom. The highest BCUT2D eigenvalue weighted by atomic mass is 32.2. The van der Waals surface area contributed by atoms with Gasteiger partial charge in [-0.15, -0.1) is 0 Å². The number of rotatable bonds is 6. The van der Waals surface area contributed by atoms with Crippen LogP contribution >= 0.6 is 0 Å². The average Bonchev–Trinajstić information content (AvgIpc) is 2.75. The van der Waals surface area contributed by atoms with E-state index in [1.807, 2.05) is 0 Å². The molecule has 1 aromatic carbocycles. The zero-order valence-electron chi connectivity index (χ0n) is 12.2. The highest BCUT2D eigenvalue weighted by molar-refractivity contribution is 7.91. The Kier molecular flexibility index (Phi) is 4.68. The van der Waals surface area contributed by atoms with E-state index < -0.39 is 17.1 Å². The molecule has 0 bridgehead atoms. The van der Waals surface area contributed by atoms with Crippen LogP contribution < -0.4 is 0 Å². The second kappa shape index (κ2) is 6.33. The van der Waals surface area contributed by atoms with Gasteiger partial charge in [0.25, 0.3) is 0 Å². The fraction of sp³-hybridized carbons (Fsp3) is 0.267. The van der Waals surface area contributed by atoms with E-state index in [-0.39, 0.29) is 23.9 Å². The first-order chi connectivity index (χ1) is 10.3. The summed E-state index contributed by atoms with van der Waals surface area (Å²) >= 11 is -1.25. The van der Waals surface area contributed by atoms with Crippen LogP contribution in [0.2, 0.25) is 0 Å². The van der Waals surface area contributed by atoms with Crippen molar-refractivity contribution in [2.75, 3.05) is 12.0 Å². The molecule has 0 saturated carbocycles. The van der Waals surface area contributed by atoms with Crippen molar-refractivity contribution in [2.24, 2.45) is 0 Å². The number of carbonyl (C=O) groups excluding carboxylic acids is 2. The summed E-state index contributed by atoms with van der Waals surface area (Å²) in [5.74, 6) is -1.60. The number of ketones is 2. The molecule has 1 atom stereocenters. The van der Waals surface area contributed by atoms with Crippen LogP contribution in [0, 0.1) is 0 Å². The minimum atomic E-state index is -1.25. The summed E-state index contributed by atoms with van der Waals surface area (Å²) in [6, 6.07) is 4.73. The van der Waals surface area contributed by atoms with Gasteiger partial charge in [-0.3, -0.25) is 14.4 Å². The molecule has 2 aromatic rings. The molecular formula is C15H15NO5S. The number of Topliss-reactive ketones (excluding diaryl/α,β-unsaturated/α-hetero) is 2. The molecule has 1 N–H and O–H groups in total. The maximum absolute atomic E-state index is 12.0. The summed E-state index contributed by atoms with van der Waals surface area (Å²) in [7, 11) is 0. The molecule has 0 aliphatic heterocycles. The van der Waals surface area contributed by atoms with Crippen molar-refractivity contribution in [2.45, 2.75) is 13.5 Å². The Morgan fingerprint density at radius 1 is 1.32 bits per heavy atom. The third kappa shape index (κ3) is 3.37. The van der Waals surface area contributed by atoms with E-state index >= 15 is 0 Å². The fourth-order valence-corrected chi connectivity index (χ4v) is 2.83. The van der Waals surface area contributed by atoms with Crippen LogP contribution in [0.15, 0.2) is 24.4 Å². The van der Waals surface area contributed by atoms with E-state index in [1.54, 1.807) is 18.2 Å². The number of fused-ring (bicyclic) bond motifs is 1. The SMILES string of the molecule is CC(=O)c1cn(CC(=O)O)c2cc(C(=O)C[S+](C)[O-])ccc12. The van der Waals surface area contributed by atoms with E-state index in [4.69, 9.17) is 5.11 Å². The minimum absolute atomic E-state index is 0.0925. The van der Waals surface area contributed by atoms with E-state index in [0.29, 0.717) is 22.0 Å². The van der Waals surface area contributed by atoms with Crippen LogP contribution in [0.4, 0.5) is 0 Å². The first kappa shape index (κ1) is 16.3. The van der Waals surface area contributed by atoms with Crippen LogP contribution in [-0.2, 0) is 22.5 Å². The third-order valence-corrected chi connectivity index (χ3v) is 3.89. The van der Waals surface area contributed by atoms with Gasteiger partial charge >= 0.3 is 5.97 Å². The van der Waals surface area contributed by atoms with Gasteiger partial charge in [0.05, 0.1) is 11.8 Å². The summed E-state index contributed by atoms with van der Waals surface area (Å²) in [6.07, 6.45) is 2.92. The number of hydrogen-bond acceptors (Lipinski definition) is 4. The van der Waals surface area contributed by atoms with Gasteiger partial charge in [-0.05, 0) is 24.2 Å². The zero-order chi connectivity index (χ0) is 16.4. The average molecular weight is 321 g/mol. The number of nitrogens with zero attached hydrogens (tertiary/aromatic N) is 1. The summed E-state index contributed by atoms with van der Waals surface area (Å²) in [5, 5.41) is 9.56. The van der Waals surface area contributed by atoms with Crippen LogP contribution in [0.1, 0.15) is 27.6 Å². The first-order valence-corrected chi connectivity index (χ1v) is 8.21. The molecular weight excluding hydrogens is 306 g/mol. The summed E-state index contributed by atoms with van der Waals surface area (Å²) in [5.41, 5.74) is 1.26. The maximum atomic E-state index is 12.0. The summed E-state index contributed by atoms with van der Waals surface area (Å²) in [6.45, 7) is 1.10. The second-order valence-electron chi connectivity index (χ2n) is 4.99. The molecule has 0 saturated heterocycles. The lowest BCUT2D eigenvalue weighted by atomic mass is 10.1. The predicted octanol–water partition coefficient (Wildman–Crippen LogP) is 1.49. The number of aromatic nitrogens is 1. The zero-order valence-corrected chi connectivity index (χ0v) is 13.0. The Bertz CT molecular complexity index is 763. The smallest absolute Gasteiger partial charge is 0.323 e. The third-order valence-electron chi connectivity index (χ3n) is 3.22. The summed E-state index contributed by atoms with van der Waals surface area (Å²) < 4.78 is 12.6. The van der Waals surface area contributed by atoms with Gasteiger partial charge in [0.15, 0.2) is 11.5 Å². The number of carboxylic acids is 1. The van der Waals surface area contributed by atoms with Crippen molar-refractivity contribution < 1.29 is 24.0 Å². The molecule has 116 valence electrons. The van der Waals surface area contributed by atoms with Crippen molar-refractivity contribution >= 4 is 39.6 Å². The van der Waals surface area contributed by atoms with Gasteiger partial charge in [-0.25, -0.2) is 0 Å². The molecule has 7 heteroatoms. The second-order valence-corrected chi connectivity index (χ2v) is 6.43. The van der Waals surface area contributed by atoms with E-state index in [2.05, 4.69) is 0 Å². The highest BCUT2D eigenvalue weighted by Crippen LogP contribution is 2.24. The first-order valence-electron chi connectivity index (χ1n) is 6.48. The molecule has 0 radical (unpaired) electrons. The van der Waals surface area contributed by atoms with Gasteiger partial charge in [-0.2, -0.15) is 0 Å². The van der Waals surface area contributed by atoms with E-state index in [0.717, 1.165) is 0 Å². The topological polar surface area (TPSA) is 99.4 Å². The van der Waals surface area contributed by atoms with Gasteiger partial charge in [0.1, 0.15) is 6.54 Å². The molecule has 0 spiro atoms. The Hall–Kier alpha value is -2.12. The fourth-order valence-electron chi connectivity index (χ4n) is 2.29. The van der Waals surface area contributed by atoms with E-state index in [1.165, 1.54) is 23.9 Å². The molecule has 0 aliphatic carbocycles.